The number of hydrogen-bond acceptors (Lipinski definition) is 3. The van der Waals surface area contributed by atoms with E-state index in [1.54, 1.807) is 24.7 Å². The minimum absolute atomic E-state index is 0.0489. The van der Waals surface area contributed by atoms with Crippen molar-refractivity contribution in [1.82, 2.24) is 9.55 Å². The third-order valence-electron chi connectivity index (χ3n) is 2.84. The van der Waals surface area contributed by atoms with Crippen molar-refractivity contribution in [1.29, 1.82) is 5.26 Å². The first-order valence-corrected chi connectivity index (χ1v) is 5.52. The number of hydrogen-bond donors (Lipinski definition) is 1. The molecule has 0 saturated carbocycles. The normalized spacial score (nSPS) is 12.1. The summed E-state index contributed by atoms with van der Waals surface area (Å²) in [5.41, 5.74) is 7.75. The highest BCUT2D eigenvalue weighted by Crippen LogP contribution is 2.17. The minimum Gasteiger partial charge on any atom is -0.336 e. The first-order chi connectivity index (χ1) is 8.61. The van der Waals surface area contributed by atoms with E-state index in [2.05, 4.69) is 4.98 Å². The summed E-state index contributed by atoms with van der Waals surface area (Å²) in [6.07, 6.45) is 3.88. The van der Waals surface area contributed by atoms with E-state index in [1.807, 2.05) is 11.6 Å². The van der Waals surface area contributed by atoms with E-state index in [0.29, 0.717) is 6.42 Å². The van der Waals surface area contributed by atoms with Gasteiger partial charge in [-0.3, -0.25) is 0 Å². The van der Waals surface area contributed by atoms with Gasteiger partial charge in [0.05, 0.1) is 23.6 Å². The molecule has 2 N–H and O–H groups in total. The van der Waals surface area contributed by atoms with E-state index in [0.717, 1.165) is 11.3 Å². The number of nitrogens with two attached hydrogens (primary N) is 1. The number of imidazole rings is 1. The Morgan fingerprint density at radius 2 is 2.33 bits per heavy atom. The van der Waals surface area contributed by atoms with Crippen molar-refractivity contribution in [3.63, 3.8) is 0 Å². The zero-order valence-electron chi connectivity index (χ0n) is 9.97. The lowest BCUT2D eigenvalue weighted by molar-refractivity contribution is 0.614. The van der Waals surface area contributed by atoms with Gasteiger partial charge in [0.25, 0.3) is 0 Å². The SMILES string of the molecule is Cn1cncc1C(N)Cc1ccc(C#N)c(F)c1. The van der Waals surface area contributed by atoms with Crippen molar-refractivity contribution in [2.45, 2.75) is 12.5 Å². The van der Waals surface area contributed by atoms with Crippen LogP contribution in [0.1, 0.15) is 22.9 Å². The van der Waals surface area contributed by atoms with Crippen LogP contribution in [0.4, 0.5) is 4.39 Å². The van der Waals surface area contributed by atoms with Gasteiger partial charge in [0, 0.05) is 13.2 Å². The fourth-order valence-electron chi connectivity index (χ4n) is 1.86. The van der Waals surface area contributed by atoms with Crippen molar-refractivity contribution in [3.05, 3.63) is 53.4 Å². The summed E-state index contributed by atoms with van der Waals surface area (Å²) in [7, 11) is 1.86. The first kappa shape index (κ1) is 12.3. The number of nitrogens with zero attached hydrogens (tertiary/aromatic N) is 3. The fourth-order valence-corrected chi connectivity index (χ4v) is 1.86. The molecule has 0 aliphatic rings. The molecule has 0 amide bonds. The third-order valence-corrected chi connectivity index (χ3v) is 2.84. The standard InChI is InChI=1S/C13H13FN4/c1-18-8-17-7-13(18)12(16)5-9-2-3-10(6-15)11(14)4-9/h2-4,7-8,12H,5,16H2,1H3. The predicted molar refractivity (Wildman–Crippen MR) is 65.0 cm³/mol. The number of rotatable bonds is 3. The number of benzene rings is 1. The van der Waals surface area contributed by atoms with Crippen molar-refractivity contribution in [3.8, 4) is 6.07 Å². The van der Waals surface area contributed by atoms with Gasteiger partial charge in [-0.2, -0.15) is 5.26 Å². The minimum atomic E-state index is -0.507. The van der Waals surface area contributed by atoms with Crippen LogP contribution in [-0.4, -0.2) is 9.55 Å². The van der Waals surface area contributed by atoms with Crippen molar-refractivity contribution in [2.24, 2.45) is 12.8 Å². The highest BCUT2D eigenvalue weighted by Gasteiger charge is 2.12. The molecule has 5 heteroatoms. The van der Waals surface area contributed by atoms with E-state index in [9.17, 15) is 4.39 Å². The molecule has 1 atom stereocenters. The maximum absolute atomic E-state index is 13.4. The first-order valence-electron chi connectivity index (χ1n) is 5.52. The highest BCUT2D eigenvalue weighted by atomic mass is 19.1. The molecule has 0 aliphatic carbocycles. The third kappa shape index (κ3) is 2.39. The predicted octanol–water partition coefficient (Wildman–Crippen LogP) is 1.67. The number of halogens is 1. The Bertz CT molecular complexity index is 597. The summed E-state index contributed by atoms with van der Waals surface area (Å²) < 4.78 is 15.3. The zero-order chi connectivity index (χ0) is 13.1. The Morgan fingerprint density at radius 3 is 2.89 bits per heavy atom. The van der Waals surface area contributed by atoms with Crippen LogP contribution in [-0.2, 0) is 13.5 Å². The van der Waals surface area contributed by atoms with Gasteiger partial charge in [0.2, 0.25) is 0 Å². The Morgan fingerprint density at radius 1 is 1.56 bits per heavy atom. The molecule has 2 aromatic rings. The van der Waals surface area contributed by atoms with Gasteiger partial charge in [-0.05, 0) is 24.1 Å². The molecule has 18 heavy (non-hydrogen) atoms. The van der Waals surface area contributed by atoms with E-state index in [-0.39, 0.29) is 11.6 Å². The van der Waals surface area contributed by atoms with Crippen LogP contribution in [0.25, 0.3) is 0 Å². The van der Waals surface area contributed by atoms with Crippen molar-refractivity contribution < 1.29 is 4.39 Å². The van der Waals surface area contributed by atoms with E-state index in [1.165, 1.54) is 12.1 Å². The Kier molecular flexibility index (Phi) is 3.40. The largest absolute Gasteiger partial charge is 0.336 e. The molecule has 0 spiro atoms. The van der Waals surface area contributed by atoms with Gasteiger partial charge in [0.15, 0.2) is 0 Å². The van der Waals surface area contributed by atoms with Crippen LogP contribution in [0, 0.1) is 17.1 Å². The molecule has 2 rings (SSSR count). The molecular weight excluding hydrogens is 231 g/mol. The molecule has 1 aromatic heterocycles. The molecule has 0 saturated heterocycles. The van der Waals surface area contributed by atoms with Gasteiger partial charge in [-0.25, -0.2) is 9.37 Å². The zero-order valence-corrected chi connectivity index (χ0v) is 9.97. The van der Waals surface area contributed by atoms with Crippen LogP contribution in [0.3, 0.4) is 0 Å². The van der Waals surface area contributed by atoms with Gasteiger partial charge < -0.3 is 10.3 Å². The molecule has 0 bridgehead atoms. The molecule has 1 aromatic carbocycles. The molecule has 0 fully saturated rings. The van der Waals surface area contributed by atoms with Gasteiger partial charge >= 0.3 is 0 Å². The fraction of sp³-hybridized carbons (Fsp3) is 0.231. The maximum Gasteiger partial charge on any atom is 0.141 e. The van der Waals surface area contributed by atoms with Gasteiger partial charge in [0.1, 0.15) is 11.9 Å². The Balaban J connectivity index is 2.18. The summed E-state index contributed by atoms with van der Waals surface area (Å²) in [4.78, 5) is 4.00. The van der Waals surface area contributed by atoms with Crippen molar-refractivity contribution >= 4 is 0 Å². The monoisotopic (exact) mass is 244 g/mol. The molecule has 0 radical (unpaired) electrons. The summed E-state index contributed by atoms with van der Waals surface area (Å²) >= 11 is 0. The van der Waals surface area contributed by atoms with Crippen LogP contribution in [0.5, 0.6) is 0 Å². The lowest BCUT2D eigenvalue weighted by Gasteiger charge is -2.12. The molecule has 1 unspecified atom stereocenters. The molecule has 1 heterocycles. The van der Waals surface area contributed by atoms with E-state index >= 15 is 0 Å². The summed E-state index contributed by atoms with van der Waals surface area (Å²) in [6.45, 7) is 0. The lowest BCUT2D eigenvalue weighted by atomic mass is 10.0. The molecular formula is C13H13FN4. The number of aromatic nitrogens is 2. The van der Waals surface area contributed by atoms with Gasteiger partial charge in [-0.1, -0.05) is 6.07 Å². The maximum atomic E-state index is 13.4. The molecule has 4 nitrogen and oxygen atoms in total. The molecule has 92 valence electrons. The smallest absolute Gasteiger partial charge is 0.141 e. The summed E-state index contributed by atoms with van der Waals surface area (Å²) in [5, 5.41) is 8.65. The summed E-state index contributed by atoms with van der Waals surface area (Å²) in [5.74, 6) is -0.507. The second-order valence-electron chi connectivity index (χ2n) is 4.17. The van der Waals surface area contributed by atoms with E-state index < -0.39 is 5.82 Å². The average Bonchev–Trinajstić information content (AvgIpc) is 2.76. The van der Waals surface area contributed by atoms with Crippen molar-refractivity contribution in [2.75, 3.05) is 0 Å². The number of aryl methyl sites for hydroxylation is 1. The van der Waals surface area contributed by atoms with Crippen LogP contribution in [0.2, 0.25) is 0 Å². The van der Waals surface area contributed by atoms with Crippen LogP contribution in [0.15, 0.2) is 30.7 Å². The Hall–Kier alpha value is -2.19. The molecule has 0 aliphatic heterocycles. The second-order valence-corrected chi connectivity index (χ2v) is 4.17. The Labute approximate surface area is 104 Å². The summed E-state index contributed by atoms with van der Waals surface area (Å²) in [6, 6.07) is 6.10. The average molecular weight is 244 g/mol. The van der Waals surface area contributed by atoms with Gasteiger partial charge in [-0.15, -0.1) is 0 Å². The second kappa shape index (κ2) is 4.98. The topological polar surface area (TPSA) is 67.6 Å². The van der Waals surface area contributed by atoms with Crippen LogP contribution >= 0.6 is 0 Å². The number of nitriles is 1. The van der Waals surface area contributed by atoms with Crippen LogP contribution < -0.4 is 5.73 Å². The highest BCUT2D eigenvalue weighted by molar-refractivity contribution is 5.34. The van der Waals surface area contributed by atoms with E-state index in [4.69, 9.17) is 11.0 Å². The lowest BCUT2D eigenvalue weighted by Crippen LogP contribution is -2.16. The quantitative estimate of drug-likeness (QED) is 0.893.